The van der Waals surface area contributed by atoms with Crippen molar-refractivity contribution in [3.05, 3.63) is 46.8 Å². The van der Waals surface area contributed by atoms with Gasteiger partial charge in [0.15, 0.2) is 5.69 Å². The summed E-state index contributed by atoms with van der Waals surface area (Å²) in [6.45, 7) is 1.48. The van der Waals surface area contributed by atoms with E-state index in [1.54, 1.807) is 0 Å². The van der Waals surface area contributed by atoms with E-state index in [2.05, 4.69) is 25.2 Å². The monoisotopic (exact) mass is 397 g/mol. The lowest BCUT2D eigenvalue weighted by Gasteiger charge is -2.11. The number of hydrazone groups is 1. The second-order valence-electron chi connectivity index (χ2n) is 5.35. The fraction of sp³-hybridized carbons (Fsp3) is 0.188. The van der Waals surface area contributed by atoms with Gasteiger partial charge in [-0.1, -0.05) is 0 Å². The van der Waals surface area contributed by atoms with Crippen molar-refractivity contribution in [2.75, 3.05) is 12.5 Å². The van der Waals surface area contributed by atoms with Gasteiger partial charge >= 0.3 is 12.1 Å². The summed E-state index contributed by atoms with van der Waals surface area (Å²) in [5.41, 5.74) is 5.50. The Balaban J connectivity index is 2.34. The predicted molar refractivity (Wildman–Crippen MR) is 90.8 cm³/mol. The van der Waals surface area contributed by atoms with Gasteiger partial charge in [0.05, 0.1) is 18.4 Å². The number of aromatic hydroxyl groups is 1. The molecule has 0 aliphatic rings. The lowest BCUT2D eigenvalue weighted by molar-refractivity contribution is -0.141. The first kappa shape index (κ1) is 20.6. The molecular weight excluding hydrogens is 383 g/mol. The van der Waals surface area contributed by atoms with Crippen molar-refractivity contribution < 1.29 is 32.6 Å². The Kier molecular flexibility index (Phi) is 5.81. The number of amides is 1. The lowest BCUT2D eigenvalue weighted by atomic mass is 10.1. The molecule has 1 heterocycles. The number of benzene rings is 1. The molecule has 1 aromatic carbocycles. The highest BCUT2D eigenvalue weighted by atomic mass is 19.4. The van der Waals surface area contributed by atoms with E-state index in [1.165, 1.54) is 25.1 Å². The maximum absolute atomic E-state index is 13.1. The zero-order valence-corrected chi connectivity index (χ0v) is 14.5. The third-order valence-electron chi connectivity index (χ3n) is 3.47. The first-order chi connectivity index (χ1) is 13.0. The van der Waals surface area contributed by atoms with Crippen LogP contribution in [0.4, 0.5) is 19.1 Å². The molecule has 2 aromatic rings. The van der Waals surface area contributed by atoms with Crippen molar-refractivity contribution in [1.82, 2.24) is 9.97 Å². The van der Waals surface area contributed by atoms with E-state index in [-0.39, 0.29) is 17.0 Å². The molecule has 0 saturated heterocycles. The minimum Gasteiger partial charge on any atom is -0.507 e. The third kappa shape index (κ3) is 4.52. The number of nitrogens with zero attached hydrogens (tertiary/aromatic N) is 3. The Morgan fingerprint density at radius 1 is 1.29 bits per heavy atom. The Morgan fingerprint density at radius 2 is 1.96 bits per heavy atom. The van der Waals surface area contributed by atoms with E-state index in [1.807, 2.05) is 0 Å². The summed E-state index contributed by atoms with van der Waals surface area (Å²) in [6.07, 6.45) is -4.25. The Hall–Kier alpha value is -3.70. The van der Waals surface area contributed by atoms with E-state index in [9.17, 15) is 27.9 Å². The molecular formula is C16H14F3N5O4. The molecule has 0 saturated carbocycles. The number of carbonyl (C=O) groups is 2. The molecule has 0 radical (unpaired) electrons. The summed E-state index contributed by atoms with van der Waals surface area (Å²) in [6, 6.07) is 3.91. The number of hydrogen-bond donors (Lipinski definition) is 3. The molecule has 28 heavy (non-hydrogen) atoms. The number of esters is 1. The standard InChI is InChI=1S/C16H14F3N5O4/c1-7(8-3-4-11(25)9(5-8)13(20)26)23-24-15-21-6-10(14(27)28-2)12(22-15)16(17,18)19/h3-6,25H,1-2H3,(H2,20,26)(H,21,22,24)/b23-7+. The number of anilines is 1. The minimum absolute atomic E-state index is 0.148. The SMILES string of the molecule is COC(=O)c1cnc(N/N=C(\C)c2ccc(O)c(C(N)=O)c2)nc1C(F)(F)F. The van der Waals surface area contributed by atoms with Crippen molar-refractivity contribution in [2.45, 2.75) is 13.1 Å². The predicted octanol–water partition coefficient (Wildman–Crippen LogP) is 1.92. The number of carbonyl (C=O) groups excluding carboxylic acids is 2. The summed E-state index contributed by atoms with van der Waals surface area (Å²) in [5, 5.41) is 13.4. The van der Waals surface area contributed by atoms with Gasteiger partial charge in [0.25, 0.3) is 5.91 Å². The van der Waals surface area contributed by atoms with Gasteiger partial charge in [-0.15, -0.1) is 0 Å². The van der Waals surface area contributed by atoms with Gasteiger partial charge in [0.1, 0.15) is 11.3 Å². The lowest BCUT2D eigenvalue weighted by Crippen LogP contribution is -2.18. The molecule has 0 aliphatic heterocycles. The summed E-state index contributed by atoms with van der Waals surface area (Å²) in [5.74, 6) is -2.94. The van der Waals surface area contributed by atoms with Crippen molar-refractivity contribution in [3.8, 4) is 5.75 Å². The highest BCUT2D eigenvalue weighted by Gasteiger charge is 2.38. The smallest absolute Gasteiger partial charge is 0.434 e. The number of primary amides is 1. The average Bonchev–Trinajstić information content (AvgIpc) is 2.64. The normalized spacial score (nSPS) is 11.8. The first-order valence-electron chi connectivity index (χ1n) is 7.50. The Labute approximate surface area is 156 Å². The summed E-state index contributed by atoms with van der Waals surface area (Å²) >= 11 is 0. The highest BCUT2D eigenvalue weighted by molar-refractivity contribution is 6.03. The van der Waals surface area contributed by atoms with E-state index >= 15 is 0 Å². The topological polar surface area (TPSA) is 140 Å². The zero-order chi connectivity index (χ0) is 21.1. The summed E-state index contributed by atoms with van der Waals surface area (Å²) in [4.78, 5) is 29.6. The largest absolute Gasteiger partial charge is 0.507 e. The molecule has 0 unspecified atom stereocenters. The molecule has 1 amide bonds. The number of nitrogens with one attached hydrogen (secondary N) is 1. The van der Waals surface area contributed by atoms with Crippen LogP contribution in [0.1, 0.15) is 38.9 Å². The zero-order valence-electron chi connectivity index (χ0n) is 14.5. The van der Waals surface area contributed by atoms with Gasteiger partial charge < -0.3 is 15.6 Å². The molecule has 0 aliphatic carbocycles. The molecule has 9 nitrogen and oxygen atoms in total. The first-order valence-corrected chi connectivity index (χ1v) is 7.50. The maximum Gasteiger partial charge on any atom is 0.434 e. The van der Waals surface area contributed by atoms with Crippen LogP contribution in [0.2, 0.25) is 0 Å². The van der Waals surface area contributed by atoms with E-state index in [0.717, 1.165) is 7.11 Å². The van der Waals surface area contributed by atoms with Crippen LogP contribution in [0.3, 0.4) is 0 Å². The second-order valence-corrected chi connectivity index (χ2v) is 5.35. The molecule has 2 rings (SSSR count). The number of hydrogen-bond acceptors (Lipinski definition) is 8. The number of aromatic nitrogens is 2. The van der Waals surface area contributed by atoms with Crippen molar-refractivity contribution >= 4 is 23.5 Å². The molecule has 0 fully saturated rings. The van der Waals surface area contributed by atoms with Crippen LogP contribution in [0, 0.1) is 0 Å². The molecule has 4 N–H and O–H groups in total. The number of methoxy groups -OCH3 is 1. The summed E-state index contributed by atoms with van der Waals surface area (Å²) in [7, 11) is 0.931. The minimum atomic E-state index is -4.92. The molecule has 148 valence electrons. The van der Waals surface area contributed by atoms with Crippen molar-refractivity contribution in [3.63, 3.8) is 0 Å². The van der Waals surface area contributed by atoms with Crippen molar-refractivity contribution in [1.29, 1.82) is 0 Å². The average molecular weight is 397 g/mol. The van der Waals surface area contributed by atoms with Crippen molar-refractivity contribution in [2.24, 2.45) is 10.8 Å². The molecule has 12 heteroatoms. The van der Waals surface area contributed by atoms with E-state index < -0.39 is 35.3 Å². The van der Waals surface area contributed by atoms with Gasteiger partial charge in [-0.05, 0) is 30.7 Å². The molecule has 0 bridgehead atoms. The fourth-order valence-electron chi connectivity index (χ4n) is 2.07. The second kappa shape index (κ2) is 7.90. The number of phenols is 1. The van der Waals surface area contributed by atoms with Crippen LogP contribution < -0.4 is 11.2 Å². The van der Waals surface area contributed by atoms with Gasteiger partial charge in [0.2, 0.25) is 5.95 Å². The quantitative estimate of drug-likeness (QED) is 0.398. The van der Waals surface area contributed by atoms with Crippen LogP contribution >= 0.6 is 0 Å². The molecule has 0 atom stereocenters. The van der Waals surface area contributed by atoms with E-state index in [4.69, 9.17) is 5.73 Å². The van der Waals surface area contributed by atoms with Crippen LogP contribution in [-0.2, 0) is 10.9 Å². The van der Waals surface area contributed by atoms with Gasteiger partial charge in [-0.2, -0.15) is 18.3 Å². The van der Waals surface area contributed by atoms with E-state index in [0.29, 0.717) is 11.8 Å². The van der Waals surface area contributed by atoms with Crippen LogP contribution in [0.15, 0.2) is 29.5 Å². The van der Waals surface area contributed by atoms with Crippen LogP contribution in [0.25, 0.3) is 0 Å². The highest BCUT2D eigenvalue weighted by Crippen LogP contribution is 2.31. The summed E-state index contributed by atoms with van der Waals surface area (Å²) < 4.78 is 43.6. The fourth-order valence-corrected chi connectivity index (χ4v) is 2.07. The van der Waals surface area contributed by atoms with Crippen LogP contribution in [-0.4, -0.2) is 39.8 Å². The van der Waals surface area contributed by atoms with Crippen LogP contribution in [0.5, 0.6) is 5.75 Å². The van der Waals surface area contributed by atoms with Gasteiger partial charge in [-0.25, -0.2) is 20.2 Å². The maximum atomic E-state index is 13.1. The van der Waals surface area contributed by atoms with Gasteiger partial charge in [-0.3, -0.25) is 4.79 Å². The molecule has 1 aromatic heterocycles. The number of alkyl halides is 3. The third-order valence-corrected chi connectivity index (χ3v) is 3.47. The molecule has 0 spiro atoms. The Morgan fingerprint density at radius 3 is 2.54 bits per heavy atom. The number of nitrogens with two attached hydrogens (primary N) is 1. The number of ether oxygens (including phenoxy) is 1. The Bertz CT molecular complexity index is 960. The number of rotatable bonds is 5. The number of halogens is 3. The van der Waals surface area contributed by atoms with Gasteiger partial charge in [0, 0.05) is 6.20 Å².